The van der Waals surface area contributed by atoms with Crippen molar-refractivity contribution >= 4 is 29.2 Å². The van der Waals surface area contributed by atoms with Crippen LogP contribution in [0.2, 0.25) is 0 Å². The number of carbonyl (C=O) groups excluding carboxylic acids is 1. The number of thioether (sulfide) groups is 1. The van der Waals surface area contributed by atoms with E-state index in [1.807, 2.05) is 0 Å². The lowest BCUT2D eigenvalue weighted by molar-refractivity contribution is -0.131. The minimum Gasteiger partial charge on any atom is -0.462 e. The summed E-state index contributed by atoms with van der Waals surface area (Å²) in [6.45, 7) is 6.84. The first-order valence-corrected chi connectivity index (χ1v) is 16.0. The van der Waals surface area contributed by atoms with Crippen LogP contribution in [0.15, 0.2) is 29.4 Å². The van der Waals surface area contributed by atoms with E-state index in [2.05, 4.69) is 34.4 Å². The number of rotatable bonds is 7. The number of ether oxygens (including phenoxy) is 1. The average molecular weight is 610 g/mol. The molecule has 2 atom stereocenters. The summed E-state index contributed by atoms with van der Waals surface area (Å²) in [7, 11) is 2.10. The summed E-state index contributed by atoms with van der Waals surface area (Å²) in [6, 6.07) is 5.52. The number of halogens is 2. The molecular weight excluding hydrogens is 572 g/mol. The third kappa shape index (κ3) is 6.15. The number of fused-ring (bicyclic) bond motifs is 2. The molecule has 0 radical (unpaired) electrons. The van der Waals surface area contributed by atoms with Gasteiger partial charge in [0.25, 0.3) is 5.91 Å². The number of likely N-dealkylation sites (tertiary alicyclic amines) is 1. The second kappa shape index (κ2) is 12.7. The highest BCUT2D eigenvalue weighted by Crippen LogP contribution is 2.41. The number of nitriles is 1. The van der Waals surface area contributed by atoms with Crippen molar-refractivity contribution in [2.75, 3.05) is 61.9 Å². The molecule has 0 saturated carbocycles. The predicted octanol–water partition coefficient (Wildman–Crippen LogP) is 4.10. The zero-order valence-electron chi connectivity index (χ0n) is 24.5. The van der Waals surface area contributed by atoms with Crippen molar-refractivity contribution in [3.63, 3.8) is 0 Å². The smallest absolute Gasteiger partial charge is 0.318 e. The maximum atomic E-state index is 14.7. The Morgan fingerprint density at radius 1 is 1.16 bits per heavy atom. The first-order valence-electron chi connectivity index (χ1n) is 15.0. The van der Waals surface area contributed by atoms with Crippen LogP contribution in [-0.2, 0) is 24.2 Å². The summed E-state index contributed by atoms with van der Waals surface area (Å²) < 4.78 is 34.7. The van der Waals surface area contributed by atoms with E-state index in [-0.39, 0.29) is 18.8 Å². The number of amides is 1. The summed E-state index contributed by atoms with van der Waals surface area (Å²) in [4.78, 5) is 31.4. The van der Waals surface area contributed by atoms with Crippen molar-refractivity contribution in [3.8, 4) is 12.1 Å². The van der Waals surface area contributed by atoms with E-state index in [4.69, 9.17) is 14.7 Å². The zero-order chi connectivity index (χ0) is 30.1. The van der Waals surface area contributed by atoms with E-state index < -0.39 is 17.8 Å². The van der Waals surface area contributed by atoms with Gasteiger partial charge in [-0.25, -0.2) is 8.78 Å². The van der Waals surface area contributed by atoms with E-state index in [1.165, 1.54) is 4.90 Å². The van der Waals surface area contributed by atoms with Crippen LogP contribution >= 0.6 is 11.8 Å². The number of aromatic nitrogens is 2. The van der Waals surface area contributed by atoms with Crippen molar-refractivity contribution in [1.82, 2.24) is 19.8 Å². The number of hydrogen-bond acceptors (Lipinski definition) is 9. The number of likely N-dealkylation sites (N-methyl/N-ethyl adjacent to an activating group) is 1. The standard InChI is InChI=1S/C31H37F2N7O2S/c1-20(32)30(41)40-13-12-39(17-23(40)7-9-34)29-25-8-11-38(27-16-22(33)15-21-5-4-14-43-28(21)27)18-26(25)35-31(36-29)42-19-24-6-3-10-37(24)2/h15-16,23-24H,1,3-8,10-14,17-19H2,2H3/t23-,24-/m0/s1. The number of hydrogen-bond donors (Lipinski definition) is 0. The molecule has 0 unspecified atom stereocenters. The van der Waals surface area contributed by atoms with Gasteiger partial charge in [-0.05, 0) is 69.1 Å². The van der Waals surface area contributed by atoms with E-state index in [0.717, 1.165) is 71.2 Å². The lowest BCUT2D eigenvalue weighted by Crippen LogP contribution is -2.55. The molecule has 4 aliphatic heterocycles. The second-order valence-electron chi connectivity index (χ2n) is 11.7. The van der Waals surface area contributed by atoms with Gasteiger partial charge in [0.05, 0.1) is 36.5 Å². The number of anilines is 2. The van der Waals surface area contributed by atoms with Crippen molar-refractivity contribution in [2.24, 2.45) is 0 Å². The van der Waals surface area contributed by atoms with Gasteiger partial charge in [-0.1, -0.05) is 6.58 Å². The van der Waals surface area contributed by atoms with Crippen molar-refractivity contribution in [3.05, 3.63) is 47.2 Å². The van der Waals surface area contributed by atoms with Crippen LogP contribution in [0, 0.1) is 17.1 Å². The van der Waals surface area contributed by atoms with E-state index in [1.54, 1.807) is 23.9 Å². The number of aryl methyl sites for hydroxylation is 1. The maximum absolute atomic E-state index is 14.7. The fraction of sp³-hybridized carbons (Fsp3) is 0.548. The molecule has 6 rings (SSSR count). The molecule has 0 spiro atoms. The number of benzene rings is 1. The molecule has 1 aromatic heterocycles. The summed E-state index contributed by atoms with van der Waals surface area (Å²) >= 11 is 1.79. The molecule has 5 heterocycles. The second-order valence-corrected chi connectivity index (χ2v) is 12.9. The average Bonchev–Trinajstić information content (AvgIpc) is 3.42. The van der Waals surface area contributed by atoms with Gasteiger partial charge in [-0.15, -0.1) is 11.8 Å². The Bertz CT molecular complexity index is 1450. The Kier molecular flexibility index (Phi) is 8.73. The topological polar surface area (TPSA) is 88.8 Å². The van der Waals surface area contributed by atoms with Crippen molar-refractivity contribution in [1.29, 1.82) is 5.26 Å². The van der Waals surface area contributed by atoms with E-state index in [0.29, 0.717) is 51.3 Å². The largest absolute Gasteiger partial charge is 0.462 e. The van der Waals surface area contributed by atoms with Crippen LogP contribution in [0.3, 0.4) is 0 Å². The number of piperazine rings is 1. The van der Waals surface area contributed by atoms with Crippen LogP contribution in [0.1, 0.15) is 42.5 Å². The molecular formula is C31H37F2N7O2S. The SMILES string of the molecule is C=C(F)C(=O)N1CCN(c2nc(OC[C@@H]3CCCN3C)nc3c2CCN(c2cc(F)cc4c2SCCC4)C3)C[C@@H]1CC#N. The molecule has 2 saturated heterocycles. The summed E-state index contributed by atoms with van der Waals surface area (Å²) in [6.07, 6.45) is 4.82. The number of nitrogens with zero attached hydrogens (tertiary/aromatic N) is 7. The minimum absolute atomic E-state index is 0.0658. The van der Waals surface area contributed by atoms with E-state index in [9.17, 15) is 18.8 Å². The Balaban J connectivity index is 1.32. The quantitative estimate of drug-likeness (QED) is 0.431. The molecule has 0 N–H and O–H groups in total. The lowest BCUT2D eigenvalue weighted by atomic mass is 10.0. The molecule has 0 bridgehead atoms. The van der Waals surface area contributed by atoms with Crippen LogP contribution < -0.4 is 14.5 Å². The monoisotopic (exact) mass is 609 g/mol. The van der Waals surface area contributed by atoms with Gasteiger partial charge < -0.3 is 24.3 Å². The molecule has 4 aliphatic rings. The fourth-order valence-corrected chi connectivity index (χ4v) is 7.87. The van der Waals surface area contributed by atoms with Crippen LogP contribution in [0.25, 0.3) is 0 Å². The highest BCUT2D eigenvalue weighted by atomic mass is 32.2. The third-order valence-corrected chi connectivity index (χ3v) is 10.2. The first-order chi connectivity index (χ1) is 20.8. The molecule has 228 valence electrons. The lowest BCUT2D eigenvalue weighted by Gasteiger charge is -2.42. The first kappa shape index (κ1) is 29.6. The predicted molar refractivity (Wildman–Crippen MR) is 162 cm³/mol. The molecule has 1 amide bonds. The molecule has 0 aliphatic carbocycles. The zero-order valence-corrected chi connectivity index (χ0v) is 25.3. The highest BCUT2D eigenvalue weighted by molar-refractivity contribution is 7.99. The molecule has 43 heavy (non-hydrogen) atoms. The fourth-order valence-electron chi connectivity index (χ4n) is 6.69. The molecule has 1 aromatic carbocycles. The van der Waals surface area contributed by atoms with Crippen molar-refractivity contribution < 1.29 is 18.3 Å². The Labute approximate surface area is 255 Å². The van der Waals surface area contributed by atoms with Crippen LogP contribution in [-0.4, -0.2) is 89.9 Å². The Morgan fingerprint density at radius 3 is 2.79 bits per heavy atom. The van der Waals surface area contributed by atoms with Gasteiger partial charge in [0, 0.05) is 42.7 Å². The third-order valence-electron chi connectivity index (χ3n) is 8.99. The van der Waals surface area contributed by atoms with Gasteiger partial charge >= 0.3 is 6.01 Å². The van der Waals surface area contributed by atoms with Gasteiger partial charge in [0.2, 0.25) is 0 Å². The molecule has 2 fully saturated rings. The summed E-state index contributed by atoms with van der Waals surface area (Å²) in [5.41, 5.74) is 3.80. The maximum Gasteiger partial charge on any atom is 0.318 e. The molecule has 12 heteroatoms. The Hall–Kier alpha value is -3.43. The molecule has 2 aromatic rings. The summed E-state index contributed by atoms with van der Waals surface area (Å²) in [5.74, 6) is -0.280. The minimum atomic E-state index is -1.03. The van der Waals surface area contributed by atoms with Gasteiger partial charge in [0.15, 0.2) is 5.83 Å². The van der Waals surface area contributed by atoms with E-state index >= 15 is 0 Å². The summed E-state index contributed by atoms with van der Waals surface area (Å²) in [5, 5.41) is 9.48. The van der Waals surface area contributed by atoms with Gasteiger partial charge in [0.1, 0.15) is 18.2 Å². The Morgan fingerprint density at radius 2 is 2.02 bits per heavy atom. The van der Waals surface area contributed by atoms with Gasteiger partial charge in [-0.2, -0.15) is 15.2 Å². The van der Waals surface area contributed by atoms with Crippen LogP contribution in [0.5, 0.6) is 6.01 Å². The van der Waals surface area contributed by atoms with Crippen LogP contribution in [0.4, 0.5) is 20.3 Å². The molecule has 9 nitrogen and oxygen atoms in total. The van der Waals surface area contributed by atoms with Crippen molar-refractivity contribution in [2.45, 2.75) is 62.0 Å². The van der Waals surface area contributed by atoms with Gasteiger partial charge in [-0.3, -0.25) is 4.79 Å². The highest BCUT2D eigenvalue weighted by Gasteiger charge is 2.35. The number of carbonyl (C=O) groups is 1. The normalized spacial score (nSPS) is 22.1.